The van der Waals surface area contributed by atoms with Crippen molar-refractivity contribution in [3.05, 3.63) is 23.8 Å². The van der Waals surface area contributed by atoms with Crippen LogP contribution >= 0.6 is 0 Å². The number of carbonyl (C=O) groups is 2. The molecule has 0 unspecified atom stereocenters. The smallest absolute Gasteiger partial charge is 0.178 e. The second kappa shape index (κ2) is 4.89. The van der Waals surface area contributed by atoms with Gasteiger partial charge in [-0.2, -0.15) is 0 Å². The van der Waals surface area contributed by atoms with Crippen LogP contribution in [0.15, 0.2) is 23.8 Å². The van der Waals surface area contributed by atoms with E-state index in [0.717, 1.165) is 37.7 Å². The van der Waals surface area contributed by atoms with Gasteiger partial charge in [0.2, 0.25) is 0 Å². The molecule has 0 spiro atoms. The minimum absolute atomic E-state index is 0.0473. The summed E-state index contributed by atoms with van der Waals surface area (Å²) in [6.07, 6.45) is 10.1. The third-order valence-electron chi connectivity index (χ3n) is 7.61. The van der Waals surface area contributed by atoms with E-state index in [1.165, 1.54) is 0 Å². The van der Waals surface area contributed by atoms with Gasteiger partial charge in [-0.1, -0.05) is 25.5 Å². The molecule has 4 aliphatic rings. The average Bonchev–Trinajstić information content (AvgIpc) is 2.84. The Balaban J connectivity index is 1.78. The van der Waals surface area contributed by atoms with Gasteiger partial charge in [-0.05, 0) is 61.5 Å². The van der Waals surface area contributed by atoms with E-state index in [4.69, 9.17) is 0 Å². The molecule has 0 radical (unpaired) electrons. The van der Waals surface area contributed by atoms with E-state index in [-0.39, 0.29) is 23.2 Å². The van der Waals surface area contributed by atoms with Gasteiger partial charge in [-0.25, -0.2) is 0 Å². The number of Topliss-reactive ketones (excluding diaryl/α,β-unsaturated/α-hetero) is 1. The molecule has 3 fully saturated rings. The minimum atomic E-state index is -0.372. The number of aliphatic hydroxyl groups is 1. The summed E-state index contributed by atoms with van der Waals surface area (Å²) in [5.74, 6) is 2.09. The van der Waals surface area contributed by atoms with Gasteiger partial charge >= 0.3 is 0 Å². The molecular formula is C20H26O3. The van der Waals surface area contributed by atoms with E-state index in [1.54, 1.807) is 12.2 Å². The van der Waals surface area contributed by atoms with Gasteiger partial charge in [-0.3, -0.25) is 9.59 Å². The van der Waals surface area contributed by atoms with E-state index in [0.29, 0.717) is 29.5 Å². The largest absolute Gasteiger partial charge is 0.395 e. The van der Waals surface area contributed by atoms with E-state index >= 15 is 0 Å². The molecule has 0 bridgehead atoms. The predicted octanol–water partition coefficient (Wildman–Crippen LogP) is 3.08. The monoisotopic (exact) mass is 314 g/mol. The fourth-order valence-corrected chi connectivity index (χ4v) is 6.42. The fourth-order valence-electron chi connectivity index (χ4n) is 6.42. The highest BCUT2D eigenvalue weighted by Gasteiger charge is 2.60. The Morgan fingerprint density at radius 2 is 2.04 bits per heavy atom. The van der Waals surface area contributed by atoms with Crippen LogP contribution in [0.4, 0.5) is 0 Å². The maximum Gasteiger partial charge on any atom is 0.178 e. The van der Waals surface area contributed by atoms with Crippen molar-refractivity contribution in [3.8, 4) is 0 Å². The summed E-state index contributed by atoms with van der Waals surface area (Å²) in [4.78, 5) is 24.3. The second-order valence-corrected chi connectivity index (χ2v) is 8.47. The molecule has 0 saturated heterocycles. The first-order chi connectivity index (χ1) is 10.9. The Morgan fingerprint density at radius 1 is 1.26 bits per heavy atom. The molecule has 124 valence electrons. The molecule has 23 heavy (non-hydrogen) atoms. The lowest BCUT2D eigenvalue weighted by Gasteiger charge is -2.57. The van der Waals surface area contributed by atoms with Crippen molar-refractivity contribution in [1.29, 1.82) is 0 Å². The summed E-state index contributed by atoms with van der Waals surface area (Å²) in [5.41, 5.74) is 0.609. The number of hydrogen-bond donors (Lipinski definition) is 1. The van der Waals surface area contributed by atoms with E-state index in [1.807, 2.05) is 6.08 Å². The summed E-state index contributed by atoms with van der Waals surface area (Å²) < 4.78 is 0. The Hall–Kier alpha value is -1.22. The normalized spacial score (nSPS) is 48.6. The van der Waals surface area contributed by atoms with Crippen molar-refractivity contribution in [2.24, 2.45) is 34.5 Å². The Kier molecular flexibility index (Phi) is 3.26. The Bertz CT molecular complexity index is 631. The molecule has 0 amide bonds. The van der Waals surface area contributed by atoms with Gasteiger partial charge in [0.15, 0.2) is 5.78 Å². The maximum absolute atomic E-state index is 12.4. The molecule has 4 aliphatic carbocycles. The van der Waals surface area contributed by atoms with E-state index in [9.17, 15) is 14.7 Å². The summed E-state index contributed by atoms with van der Waals surface area (Å²) >= 11 is 0. The van der Waals surface area contributed by atoms with Crippen molar-refractivity contribution < 1.29 is 14.7 Å². The van der Waals surface area contributed by atoms with Gasteiger partial charge in [0.25, 0.3) is 0 Å². The van der Waals surface area contributed by atoms with Crippen LogP contribution in [0.3, 0.4) is 0 Å². The molecule has 3 nitrogen and oxygen atoms in total. The van der Waals surface area contributed by atoms with Gasteiger partial charge in [0, 0.05) is 17.3 Å². The van der Waals surface area contributed by atoms with Crippen LogP contribution < -0.4 is 0 Å². The highest BCUT2D eigenvalue weighted by atomic mass is 16.3. The second-order valence-electron chi connectivity index (χ2n) is 8.47. The highest BCUT2D eigenvalue weighted by molar-refractivity contribution is 6.01. The first-order valence-corrected chi connectivity index (χ1v) is 9.02. The number of ketones is 2. The third-order valence-corrected chi connectivity index (χ3v) is 7.61. The zero-order valence-corrected chi connectivity index (χ0v) is 14.0. The number of allylic oxidation sites excluding steroid dienone is 2. The summed E-state index contributed by atoms with van der Waals surface area (Å²) in [5, 5.41) is 10.3. The number of rotatable bonds is 1. The molecule has 3 saturated carbocycles. The van der Waals surface area contributed by atoms with Crippen LogP contribution in [0.5, 0.6) is 0 Å². The van der Waals surface area contributed by atoms with Gasteiger partial charge in [0.05, 0.1) is 6.61 Å². The zero-order valence-electron chi connectivity index (χ0n) is 14.0. The standard InChI is InChI=1S/C20H26O3/c1-12-9-14-15-3-4-18(23)19(15,2)7-6-16(14)20(11-21)8-5-13(22)10-17(12)20/h5,8,10,12,14-16,21H,3-4,6-7,9,11H2,1-2H3/t12-,14-,15-,16-,19-,20-/m0/s1. The Morgan fingerprint density at radius 3 is 2.78 bits per heavy atom. The first kappa shape index (κ1) is 15.3. The van der Waals surface area contributed by atoms with Crippen LogP contribution in [0.25, 0.3) is 0 Å². The summed E-state index contributed by atoms with van der Waals surface area (Å²) in [7, 11) is 0. The summed E-state index contributed by atoms with van der Waals surface area (Å²) in [6, 6.07) is 0. The van der Waals surface area contributed by atoms with E-state index < -0.39 is 0 Å². The zero-order chi connectivity index (χ0) is 16.4. The lowest BCUT2D eigenvalue weighted by atomic mass is 9.46. The van der Waals surface area contributed by atoms with E-state index in [2.05, 4.69) is 13.8 Å². The molecule has 1 N–H and O–H groups in total. The lowest BCUT2D eigenvalue weighted by Crippen LogP contribution is -2.53. The lowest BCUT2D eigenvalue weighted by molar-refractivity contribution is -0.132. The van der Waals surface area contributed by atoms with Crippen molar-refractivity contribution in [1.82, 2.24) is 0 Å². The van der Waals surface area contributed by atoms with Crippen LogP contribution in [-0.4, -0.2) is 23.3 Å². The molecule has 4 rings (SSSR count). The number of fused-ring (bicyclic) bond motifs is 5. The van der Waals surface area contributed by atoms with Gasteiger partial charge in [0.1, 0.15) is 5.78 Å². The first-order valence-electron chi connectivity index (χ1n) is 9.02. The number of carbonyl (C=O) groups excluding carboxylic acids is 2. The molecule has 0 aromatic heterocycles. The maximum atomic E-state index is 12.4. The molecular weight excluding hydrogens is 288 g/mol. The summed E-state index contributed by atoms with van der Waals surface area (Å²) in [6.45, 7) is 4.43. The van der Waals surface area contributed by atoms with Crippen molar-refractivity contribution >= 4 is 11.6 Å². The third kappa shape index (κ3) is 1.86. The SMILES string of the molecule is C[C@H]1C[C@H]2[C@@H]3CCC(=O)[C@@]3(C)CC[C@@H]2[C@@]2(CO)C=CC(=O)C=C12. The van der Waals surface area contributed by atoms with Crippen molar-refractivity contribution in [3.63, 3.8) is 0 Å². The molecule has 6 atom stereocenters. The average molecular weight is 314 g/mol. The highest BCUT2D eigenvalue weighted by Crippen LogP contribution is 2.64. The molecule has 0 aromatic carbocycles. The predicted molar refractivity (Wildman–Crippen MR) is 87.6 cm³/mol. The van der Waals surface area contributed by atoms with Crippen LogP contribution in [-0.2, 0) is 9.59 Å². The molecule has 3 heteroatoms. The molecule has 0 aliphatic heterocycles. The number of hydrogen-bond acceptors (Lipinski definition) is 3. The topological polar surface area (TPSA) is 54.4 Å². The van der Waals surface area contributed by atoms with Crippen LogP contribution in [0.1, 0.15) is 46.0 Å². The van der Waals surface area contributed by atoms with Crippen LogP contribution in [0, 0.1) is 34.5 Å². The molecule has 0 heterocycles. The minimum Gasteiger partial charge on any atom is -0.395 e. The fraction of sp³-hybridized carbons (Fsp3) is 0.700. The quantitative estimate of drug-likeness (QED) is 0.809. The molecule has 0 aromatic rings. The van der Waals surface area contributed by atoms with Gasteiger partial charge < -0.3 is 5.11 Å². The number of aliphatic hydroxyl groups excluding tert-OH is 1. The van der Waals surface area contributed by atoms with Gasteiger partial charge in [-0.15, -0.1) is 0 Å². The van der Waals surface area contributed by atoms with Crippen molar-refractivity contribution in [2.75, 3.05) is 6.61 Å². The Labute approximate surface area is 137 Å². The van der Waals surface area contributed by atoms with Crippen LogP contribution in [0.2, 0.25) is 0 Å². The van der Waals surface area contributed by atoms with Crippen molar-refractivity contribution in [2.45, 2.75) is 46.0 Å².